The van der Waals surface area contributed by atoms with Crippen LogP contribution in [-0.4, -0.2) is 8.89 Å². The largest absolute Gasteiger partial charge is 0.317 e. The van der Waals surface area contributed by atoms with Gasteiger partial charge in [0.2, 0.25) is 0 Å². The highest BCUT2D eigenvalue weighted by molar-refractivity contribution is 9.13. The molecule has 1 heterocycles. The van der Waals surface area contributed by atoms with Gasteiger partial charge in [-0.25, -0.2) is 0 Å². The normalized spacial score (nSPS) is 35.8. The number of alkyl halides is 2. The summed E-state index contributed by atoms with van der Waals surface area (Å²) in [7, 11) is -2.60. The van der Waals surface area contributed by atoms with Gasteiger partial charge in [-0.3, -0.25) is 0 Å². The van der Waals surface area contributed by atoms with Crippen molar-refractivity contribution in [2.45, 2.75) is 27.9 Å². The molecule has 0 bridgehead atoms. The summed E-state index contributed by atoms with van der Waals surface area (Å²) in [6.45, 7) is 2.13. The summed E-state index contributed by atoms with van der Waals surface area (Å²) in [5.74, 6) is 0. The van der Waals surface area contributed by atoms with Crippen molar-refractivity contribution in [2.75, 3.05) is 0 Å². The maximum absolute atomic E-state index is 14.0. The average molecular weight is 428 g/mol. The minimum absolute atomic E-state index is 0.0508. The van der Waals surface area contributed by atoms with Gasteiger partial charge in [-0.2, -0.15) is 0 Å². The van der Waals surface area contributed by atoms with Crippen LogP contribution in [0.25, 0.3) is 0 Å². The van der Waals surface area contributed by atoms with E-state index in [-0.39, 0.29) is 14.6 Å². The smallest absolute Gasteiger partial charge is 0.137 e. The van der Waals surface area contributed by atoms with E-state index in [9.17, 15) is 4.57 Å². The van der Waals surface area contributed by atoms with Crippen molar-refractivity contribution in [3.63, 3.8) is 0 Å². The summed E-state index contributed by atoms with van der Waals surface area (Å²) in [5.41, 5.74) is 1.21. The molecule has 4 atom stereocenters. The van der Waals surface area contributed by atoms with Gasteiger partial charge in [-0.05, 0) is 18.9 Å². The van der Waals surface area contributed by atoms with E-state index in [1.165, 1.54) is 0 Å². The van der Waals surface area contributed by atoms with Crippen LogP contribution in [0.2, 0.25) is 0 Å². The molecule has 1 saturated heterocycles. The summed E-state index contributed by atoms with van der Waals surface area (Å²) >= 11 is 7.55. The second-order valence-corrected chi connectivity index (χ2v) is 12.3. The lowest BCUT2D eigenvalue weighted by atomic mass is 10.0. The molecule has 2 aromatic carbocycles. The summed E-state index contributed by atoms with van der Waals surface area (Å²) in [6.07, 6.45) is 0.860. The van der Waals surface area contributed by atoms with Crippen molar-refractivity contribution >= 4 is 44.3 Å². The minimum Gasteiger partial charge on any atom is -0.317 e. The first-order valence-electron chi connectivity index (χ1n) is 6.99. The lowest BCUT2D eigenvalue weighted by Crippen LogP contribution is -2.23. The second kappa shape index (κ2) is 5.68. The first-order valence-corrected chi connectivity index (χ1v) is 10.5. The van der Waals surface area contributed by atoms with E-state index in [0.717, 1.165) is 17.3 Å². The van der Waals surface area contributed by atoms with E-state index >= 15 is 0 Å². The van der Waals surface area contributed by atoms with Gasteiger partial charge in [0.05, 0.1) is 4.57 Å². The maximum atomic E-state index is 14.0. The number of hydrogen-bond donors (Lipinski definition) is 0. The summed E-state index contributed by atoms with van der Waals surface area (Å²) in [6, 6.07) is 20.2. The lowest BCUT2D eigenvalue weighted by molar-refractivity contribution is 0.577. The molecule has 4 unspecified atom stereocenters. The van der Waals surface area contributed by atoms with Crippen molar-refractivity contribution in [1.29, 1.82) is 0 Å². The predicted molar refractivity (Wildman–Crippen MR) is 97.5 cm³/mol. The molecule has 4 heteroatoms. The van der Waals surface area contributed by atoms with Crippen LogP contribution in [0.4, 0.5) is 0 Å². The highest BCUT2D eigenvalue weighted by Crippen LogP contribution is 2.75. The zero-order valence-electron chi connectivity index (χ0n) is 11.7. The quantitative estimate of drug-likeness (QED) is 0.444. The van der Waals surface area contributed by atoms with Gasteiger partial charge in [0.1, 0.15) is 7.14 Å². The Hall–Kier alpha value is -0.370. The predicted octanol–water partition coefficient (Wildman–Crippen LogP) is 5.69. The van der Waals surface area contributed by atoms with Gasteiger partial charge < -0.3 is 4.57 Å². The van der Waals surface area contributed by atoms with Crippen molar-refractivity contribution in [3.05, 3.63) is 66.2 Å². The van der Waals surface area contributed by atoms with E-state index in [2.05, 4.69) is 50.9 Å². The number of benzene rings is 2. The van der Waals surface area contributed by atoms with Gasteiger partial charge in [-0.15, -0.1) is 0 Å². The van der Waals surface area contributed by atoms with Crippen molar-refractivity contribution in [1.82, 2.24) is 0 Å². The monoisotopic (exact) mass is 426 g/mol. The van der Waals surface area contributed by atoms with E-state index in [0.29, 0.717) is 0 Å². The zero-order valence-corrected chi connectivity index (χ0v) is 15.8. The number of hydrogen-bond acceptors (Lipinski definition) is 1. The molecule has 1 nitrogen and oxygen atoms in total. The molecule has 2 aromatic rings. The third-order valence-electron chi connectivity index (χ3n) is 4.23. The van der Waals surface area contributed by atoms with E-state index in [1.807, 2.05) is 48.5 Å². The van der Waals surface area contributed by atoms with E-state index < -0.39 is 7.14 Å². The Balaban J connectivity index is 2.17. The van der Waals surface area contributed by atoms with Crippen LogP contribution < -0.4 is 5.30 Å². The SMILES string of the molecule is CC1(Br)CC(c2ccccc2)P(=O)(c2ccccc2)C1Br. The Morgan fingerprint density at radius 1 is 1.05 bits per heavy atom. The third-order valence-corrected chi connectivity index (χ3v) is 12.6. The Morgan fingerprint density at radius 3 is 2.14 bits per heavy atom. The highest BCUT2D eigenvalue weighted by Gasteiger charge is 2.57. The minimum atomic E-state index is -2.60. The van der Waals surface area contributed by atoms with Crippen molar-refractivity contribution < 1.29 is 4.57 Å². The molecular formula is C17H17Br2OP. The molecule has 21 heavy (non-hydrogen) atoms. The van der Waals surface area contributed by atoms with Crippen molar-refractivity contribution in [2.24, 2.45) is 0 Å². The van der Waals surface area contributed by atoms with Gasteiger partial charge >= 0.3 is 0 Å². The van der Waals surface area contributed by atoms with Crippen LogP contribution >= 0.6 is 39.0 Å². The fourth-order valence-corrected chi connectivity index (χ4v) is 10.1. The fraction of sp³-hybridized carbons (Fsp3) is 0.294. The zero-order chi connectivity index (χ0) is 15.1. The Labute approximate surface area is 142 Å². The fourth-order valence-electron chi connectivity index (χ4n) is 3.16. The van der Waals surface area contributed by atoms with Crippen LogP contribution in [0.1, 0.15) is 24.6 Å². The molecule has 0 N–H and O–H groups in total. The van der Waals surface area contributed by atoms with Crippen LogP contribution in [-0.2, 0) is 4.57 Å². The molecule has 0 spiro atoms. The third kappa shape index (κ3) is 2.58. The molecule has 1 aliphatic heterocycles. The Morgan fingerprint density at radius 2 is 1.57 bits per heavy atom. The first-order chi connectivity index (χ1) is 9.96. The Kier molecular flexibility index (Phi) is 4.20. The maximum Gasteiger partial charge on any atom is 0.137 e. The molecule has 1 fully saturated rings. The Bertz CT molecular complexity index is 670. The molecule has 0 amide bonds. The van der Waals surface area contributed by atoms with Gasteiger partial charge in [0.25, 0.3) is 0 Å². The molecule has 0 radical (unpaired) electrons. The van der Waals surface area contributed by atoms with Gasteiger partial charge in [-0.1, -0.05) is 92.5 Å². The van der Waals surface area contributed by atoms with Gasteiger partial charge in [0.15, 0.2) is 0 Å². The summed E-state index contributed by atoms with van der Waals surface area (Å²) in [4.78, 5) is 0. The number of halogens is 2. The number of rotatable bonds is 2. The van der Waals surface area contributed by atoms with Crippen LogP contribution in [0, 0.1) is 0 Å². The molecule has 1 aliphatic rings. The standard InChI is InChI=1S/C17H17Br2OP/c1-17(19)12-15(13-8-4-2-5-9-13)21(20,16(17)18)14-10-6-3-7-11-14/h2-11,15-16H,12H2,1H3. The molecule has 110 valence electrons. The average Bonchev–Trinajstić information content (AvgIpc) is 2.71. The van der Waals surface area contributed by atoms with Crippen LogP contribution in [0.15, 0.2) is 60.7 Å². The highest BCUT2D eigenvalue weighted by atomic mass is 79.9. The summed E-state index contributed by atoms with van der Waals surface area (Å²) < 4.78 is 13.8. The second-order valence-electron chi connectivity index (χ2n) is 5.79. The van der Waals surface area contributed by atoms with Crippen molar-refractivity contribution in [3.8, 4) is 0 Å². The van der Waals surface area contributed by atoms with Crippen LogP contribution in [0.5, 0.6) is 0 Å². The van der Waals surface area contributed by atoms with E-state index in [1.54, 1.807) is 0 Å². The molecular weight excluding hydrogens is 411 g/mol. The molecule has 0 saturated carbocycles. The van der Waals surface area contributed by atoms with Gasteiger partial charge in [0, 0.05) is 15.3 Å². The molecule has 0 aromatic heterocycles. The summed E-state index contributed by atoms with van der Waals surface area (Å²) in [5, 5.41) is 0.962. The first kappa shape index (κ1) is 15.5. The topological polar surface area (TPSA) is 17.1 Å². The lowest BCUT2D eigenvalue weighted by Gasteiger charge is -2.25. The van der Waals surface area contributed by atoms with E-state index in [4.69, 9.17) is 0 Å². The molecule has 3 rings (SSSR count). The molecule has 0 aliphatic carbocycles. The van der Waals surface area contributed by atoms with Crippen LogP contribution in [0.3, 0.4) is 0 Å².